The van der Waals surface area contributed by atoms with Crippen molar-refractivity contribution >= 4 is 29.3 Å². The van der Waals surface area contributed by atoms with Crippen LogP contribution in [0.25, 0.3) is 12.3 Å². The molecule has 0 fully saturated rings. The summed E-state index contributed by atoms with van der Waals surface area (Å²) in [6, 6.07) is 7.76. The number of hydrogen-bond acceptors (Lipinski definition) is 3. The van der Waals surface area contributed by atoms with Crippen LogP contribution < -0.4 is 10.5 Å². The van der Waals surface area contributed by atoms with Crippen molar-refractivity contribution in [3.05, 3.63) is 46.2 Å². The first-order valence-electron chi connectivity index (χ1n) is 4.92. The molecule has 0 amide bonds. The third-order valence-corrected chi connectivity index (χ3v) is 3.03. The van der Waals surface area contributed by atoms with Gasteiger partial charge in [-0.25, -0.2) is 0 Å². The van der Waals surface area contributed by atoms with Crippen LogP contribution in [0.2, 0.25) is 0 Å². The van der Waals surface area contributed by atoms with E-state index >= 15 is 0 Å². The highest BCUT2D eigenvalue weighted by Crippen LogP contribution is 2.07. The van der Waals surface area contributed by atoms with Gasteiger partial charge in [-0.3, -0.25) is 9.56 Å². The van der Waals surface area contributed by atoms with Crippen molar-refractivity contribution in [3.8, 4) is 0 Å². The topological polar surface area (TPSA) is 43.3 Å². The number of rotatable bonds is 2. The summed E-state index contributed by atoms with van der Waals surface area (Å²) in [6.45, 7) is 0. The summed E-state index contributed by atoms with van der Waals surface area (Å²) in [5, 5.41) is 2.01. The van der Waals surface area contributed by atoms with E-state index in [0.717, 1.165) is 16.1 Å². The summed E-state index contributed by atoms with van der Waals surface area (Å²) >= 11 is 1.61. The molecule has 0 aliphatic rings. The van der Waals surface area contributed by atoms with E-state index in [0.29, 0.717) is 0 Å². The molecule has 3 nitrogen and oxygen atoms in total. The van der Waals surface area contributed by atoms with Gasteiger partial charge in [-0.1, -0.05) is 12.1 Å². The van der Waals surface area contributed by atoms with Crippen LogP contribution in [0.15, 0.2) is 40.8 Å². The molecule has 82 valence electrons. The molecule has 16 heavy (non-hydrogen) atoms. The van der Waals surface area contributed by atoms with Crippen LogP contribution >= 0.6 is 11.3 Å². The van der Waals surface area contributed by atoms with Crippen LogP contribution in [-0.2, 0) is 0 Å². The average molecular weight is 231 g/mol. The van der Waals surface area contributed by atoms with Crippen molar-refractivity contribution in [2.45, 2.75) is 0 Å². The molecule has 1 aromatic heterocycles. The van der Waals surface area contributed by atoms with Crippen molar-refractivity contribution in [2.75, 3.05) is 12.8 Å². The summed E-state index contributed by atoms with van der Waals surface area (Å²) < 4.78 is 1.99. The van der Waals surface area contributed by atoms with Gasteiger partial charge in [0.25, 0.3) is 0 Å². The second-order valence-electron chi connectivity index (χ2n) is 3.30. The van der Waals surface area contributed by atoms with E-state index < -0.39 is 0 Å². The summed E-state index contributed by atoms with van der Waals surface area (Å²) in [5.41, 5.74) is 7.52. The van der Waals surface area contributed by atoms with Crippen molar-refractivity contribution in [2.24, 2.45) is 4.99 Å². The van der Waals surface area contributed by atoms with Gasteiger partial charge in [0.1, 0.15) is 0 Å². The maximum atomic E-state index is 5.62. The van der Waals surface area contributed by atoms with Gasteiger partial charge in [0.05, 0.1) is 0 Å². The predicted octanol–water partition coefficient (Wildman–Crippen LogP) is 2.29. The molecule has 2 rings (SSSR count). The molecule has 2 aromatic rings. The third kappa shape index (κ3) is 2.41. The number of nitrogen functional groups attached to an aromatic ring is 1. The van der Waals surface area contributed by atoms with E-state index in [1.54, 1.807) is 18.4 Å². The van der Waals surface area contributed by atoms with Crippen LogP contribution in [0, 0.1) is 0 Å². The molecule has 0 atom stereocenters. The summed E-state index contributed by atoms with van der Waals surface area (Å²) in [5.74, 6) is 0. The van der Waals surface area contributed by atoms with Crippen LogP contribution in [0.1, 0.15) is 5.56 Å². The zero-order chi connectivity index (χ0) is 11.4. The molecule has 0 aliphatic carbocycles. The molecule has 2 N–H and O–H groups in total. The van der Waals surface area contributed by atoms with Crippen molar-refractivity contribution < 1.29 is 0 Å². The lowest BCUT2D eigenvalue weighted by molar-refractivity contribution is 1.06. The second-order valence-corrected chi connectivity index (χ2v) is 4.17. The Hall–Kier alpha value is -1.81. The van der Waals surface area contributed by atoms with Gasteiger partial charge < -0.3 is 5.73 Å². The smallest absolute Gasteiger partial charge is 0.188 e. The van der Waals surface area contributed by atoms with Gasteiger partial charge in [-0.2, -0.15) is 0 Å². The minimum atomic E-state index is 0.782. The summed E-state index contributed by atoms with van der Waals surface area (Å²) in [6.07, 6.45) is 6.01. The highest BCUT2D eigenvalue weighted by Gasteiger charge is 1.90. The quantitative estimate of drug-likeness (QED) is 0.792. The number of hydrogen-bond donors (Lipinski definition) is 1. The van der Waals surface area contributed by atoms with E-state index in [1.165, 1.54) is 0 Å². The number of nitrogens with two attached hydrogens (primary N) is 1. The Balaban J connectivity index is 2.25. The Morgan fingerprint density at radius 3 is 2.75 bits per heavy atom. The normalized spacial score (nSPS) is 12.4. The maximum Gasteiger partial charge on any atom is 0.188 e. The molecule has 0 saturated heterocycles. The molecule has 1 heterocycles. The van der Waals surface area contributed by atoms with Crippen LogP contribution in [-0.4, -0.2) is 11.6 Å². The fourth-order valence-electron chi connectivity index (χ4n) is 1.34. The fourth-order valence-corrected chi connectivity index (χ4v) is 2.00. The fraction of sp³-hybridized carbons (Fsp3) is 0.0833. The number of benzene rings is 1. The zero-order valence-electron chi connectivity index (χ0n) is 9.00. The third-order valence-electron chi connectivity index (χ3n) is 2.17. The lowest BCUT2D eigenvalue weighted by atomic mass is 10.2. The lowest BCUT2D eigenvalue weighted by Gasteiger charge is -1.95. The second kappa shape index (κ2) is 4.81. The Morgan fingerprint density at radius 2 is 2.06 bits per heavy atom. The van der Waals surface area contributed by atoms with Gasteiger partial charge in [0.2, 0.25) is 0 Å². The Bertz CT molecular complexity index is 546. The largest absolute Gasteiger partial charge is 0.399 e. The van der Waals surface area contributed by atoms with E-state index in [1.807, 2.05) is 52.7 Å². The van der Waals surface area contributed by atoms with E-state index in [4.69, 9.17) is 5.73 Å². The molecular formula is C12H13N3S. The first-order chi connectivity index (χ1) is 7.79. The minimum absolute atomic E-state index is 0.782. The standard InChI is InChI=1S/C12H13N3S/c1-14-12-15(8-9-16-12)7-6-10-2-4-11(13)5-3-10/h2-9H,13H2,1H3/b7-6+,14-12?. The number of anilines is 1. The Kier molecular flexibility index (Phi) is 3.22. The SMILES string of the molecule is CN=c1sccn1/C=C/c1ccc(N)cc1. The summed E-state index contributed by atoms with van der Waals surface area (Å²) in [7, 11) is 1.79. The Morgan fingerprint density at radius 1 is 1.31 bits per heavy atom. The van der Waals surface area contributed by atoms with Crippen molar-refractivity contribution in [3.63, 3.8) is 0 Å². The van der Waals surface area contributed by atoms with Crippen molar-refractivity contribution in [1.82, 2.24) is 4.57 Å². The molecular weight excluding hydrogens is 218 g/mol. The molecule has 0 bridgehead atoms. The van der Waals surface area contributed by atoms with Gasteiger partial charge >= 0.3 is 0 Å². The number of nitrogens with zero attached hydrogens (tertiary/aromatic N) is 2. The van der Waals surface area contributed by atoms with Crippen molar-refractivity contribution in [1.29, 1.82) is 0 Å². The van der Waals surface area contributed by atoms with Crippen LogP contribution in [0.3, 0.4) is 0 Å². The molecule has 0 saturated carbocycles. The van der Waals surface area contributed by atoms with E-state index in [-0.39, 0.29) is 0 Å². The van der Waals surface area contributed by atoms with Gasteiger partial charge in [-0.05, 0) is 23.8 Å². The molecule has 1 aromatic carbocycles. The van der Waals surface area contributed by atoms with Crippen LogP contribution in [0.5, 0.6) is 0 Å². The highest BCUT2D eigenvalue weighted by atomic mass is 32.1. The molecule has 0 aliphatic heterocycles. The lowest BCUT2D eigenvalue weighted by Crippen LogP contribution is -2.06. The van der Waals surface area contributed by atoms with Crippen LogP contribution in [0.4, 0.5) is 5.69 Å². The maximum absolute atomic E-state index is 5.62. The van der Waals surface area contributed by atoms with Gasteiger partial charge in [-0.15, -0.1) is 11.3 Å². The average Bonchev–Trinajstić information content (AvgIpc) is 2.76. The minimum Gasteiger partial charge on any atom is -0.399 e. The number of aromatic nitrogens is 1. The summed E-state index contributed by atoms with van der Waals surface area (Å²) in [4.78, 5) is 5.15. The number of thiazole rings is 1. The van der Waals surface area contributed by atoms with Gasteiger partial charge in [0, 0.05) is 30.5 Å². The molecule has 0 spiro atoms. The molecule has 4 heteroatoms. The van der Waals surface area contributed by atoms with Gasteiger partial charge in [0.15, 0.2) is 4.80 Å². The predicted molar refractivity (Wildman–Crippen MR) is 69.9 cm³/mol. The first kappa shape index (κ1) is 10.7. The monoisotopic (exact) mass is 231 g/mol. The van der Waals surface area contributed by atoms with E-state index in [9.17, 15) is 0 Å². The van der Waals surface area contributed by atoms with E-state index in [2.05, 4.69) is 4.99 Å². The first-order valence-corrected chi connectivity index (χ1v) is 5.80. The Labute approximate surface area is 98.2 Å². The zero-order valence-corrected chi connectivity index (χ0v) is 9.82. The highest BCUT2D eigenvalue weighted by molar-refractivity contribution is 7.07. The molecule has 0 unspecified atom stereocenters. The molecule has 0 radical (unpaired) electrons.